The van der Waals surface area contributed by atoms with Gasteiger partial charge in [0.05, 0.1) is 0 Å². The fourth-order valence-electron chi connectivity index (χ4n) is 0.407. The Hall–Kier alpha value is 0.277. The smallest absolute Gasteiger partial charge is 0.0280 e. The summed E-state index contributed by atoms with van der Waals surface area (Å²) in [6.07, 6.45) is 3.99. The number of rotatable bonds is 4. The van der Waals surface area contributed by atoms with Gasteiger partial charge in [-0.15, -0.1) is 38.0 Å². The Kier molecular flexibility index (Phi) is 28.2. The van der Waals surface area contributed by atoms with Gasteiger partial charge in [-0.25, -0.2) is 0 Å². The highest BCUT2D eigenvalue weighted by Gasteiger charge is 1.75. The van der Waals surface area contributed by atoms with Crippen LogP contribution in [0.15, 0.2) is 25.3 Å². The molecule has 9 heavy (non-hydrogen) atoms. The summed E-state index contributed by atoms with van der Waals surface area (Å²) in [5.41, 5.74) is 0. The molecule has 56 valence electrons. The van der Waals surface area contributed by atoms with Crippen molar-refractivity contribution in [1.82, 2.24) is 0 Å². The summed E-state index contributed by atoms with van der Waals surface area (Å²) in [5, 5.41) is 0. The summed E-state index contributed by atoms with van der Waals surface area (Å²) >= 11 is 0. The fourth-order valence-corrected chi connectivity index (χ4v) is 1.22. The minimum atomic E-state index is 0. The highest BCUT2D eigenvalue weighted by atomic mass is 35.5. The first kappa shape index (κ1) is 16.1. The Morgan fingerprint density at radius 3 is 1.56 bits per heavy atom. The minimum Gasteiger partial charge on any atom is -0.147 e. The lowest BCUT2D eigenvalue weighted by atomic mass is 10.7. The molecule has 0 unspecified atom stereocenters. The molecule has 0 saturated heterocycles. The van der Waals surface area contributed by atoms with Gasteiger partial charge in [0, 0.05) is 9.52 Å². The van der Waals surface area contributed by atoms with Gasteiger partial charge in [-0.1, -0.05) is 12.2 Å². The SMILES string of the molecule is C=CC[SiH2]CC=C.Cl.Cl. The average molecular weight is 185 g/mol. The van der Waals surface area contributed by atoms with E-state index in [1.807, 2.05) is 12.2 Å². The van der Waals surface area contributed by atoms with E-state index in [2.05, 4.69) is 13.2 Å². The van der Waals surface area contributed by atoms with E-state index in [0.29, 0.717) is 0 Å². The summed E-state index contributed by atoms with van der Waals surface area (Å²) in [4.78, 5) is 0. The van der Waals surface area contributed by atoms with Gasteiger partial charge in [0.15, 0.2) is 0 Å². The molecule has 0 aliphatic rings. The first-order valence-electron chi connectivity index (χ1n) is 2.63. The van der Waals surface area contributed by atoms with E-state index in [9.17, 15) is 0 Å². The van der Waals surface area contributed by atoms with Gasteiger partial charge in [-0.3, -0.25) is 0 Å². The largest absolute Gasteiger partial charge is 0.147 e. The second-order valence-electron chi connectivity index (χ2n) is 1.51. The number of hydrogen-bond acceptors (Lipinski definition) is 0. The predicted octanol–water partition coefficient (Wildman–Crippen LogP) is 2.21. The lowest BCUT2D eigenvalue weighted by molar-refractivity contribution is 1.60. The van der Waals surface area contributed by atoms with Crippen molar-refractivity contribution in [2.75, 3.05) is 0 Å². The van der Waals surface area contributed by atoms with Crippen molar-refractivity contribution >= 4 is 34.3 Å². The van der Waals surface area contributed by atoms with Crippen LogP contribution in [-0.4, -0.2) is 9.52 Å². The third kappa shape index (κ3) is 17.8. The van der Waals surface area contributed by atoms with Crippen LogP contribution in [0.5, 0.6) is 0 Å². The van der Waals surface area contributed by atoms with Gasteiger partial charge < -0.3 is 0 Å². The van der Waals surface area contributed by atoms with Crippen molar-refractivity contribution in [2.24, 2.45) is 0 Å². The Bertz CT molecular complexity index is 56.1. The molecule has 0 fully saturated rings. The molecule has 0 nitrogen and oxygen atoms in total. The van der Waals surface area contributed by atoms with E-state index < -0.39 is 0 Å². The van der Waals surface area contributed by atoms with Crippen molar-refractivity contribution in [1.29, 1.82) is 0 Å². The molecule has 0 atom stereocenters. The van der Waals surface area contributed by atoms with Gasteiger partial charge in [0.25, 0.3) is 0 Å². The summed E-state index contributed by atoms with van der Waals surface area (Å²) in [5.74, 6) is 0. The maximum atomic E-state index is 3.63. The Labute approximate surface area is 72.1 Å². The van der Waals surface area contributed by atoms with E-state index in [0.717, 1.165) is 0 Å². The Morgan fingerprint density at radius 1 is 1.00 bits per heavy atom. The molecular weight excluding hydrogens is 171 g/mol. The Balaban J connectivity index is -0.000000180. The van der Waals surface area contributed by atoms with Crippen LogP contribution < -0.4 is 0 Å². The van der Waals surface area contributed by atoms with Crippen molar-refractivity contribution < 1.29 is 0 Å². The highest BCUT2D eigenvalue weighted by molar-refractivity contribution is 6.36. The monoisotopic (exact) mass is 184 g/mol. The summed E-state index contributed by atoms with van der Waals surface area (Å²) in [7, 11) is 0.175. The van der Waals surface area contributed by atoms with Crippen LogP contribution in [0.4, 0.5) is 0 Å². The average Bonchev–Trinajstić information content (AvgIpc) is 1.69. The zero-order chi connectivity index (χ0) is 5.54. The molecule has 0 amide bonds. The van der Waals surface area contributed by atoms with Crippen LogP contribution in [-0.2, 0) is 0 Å². The van der Waals surface area contributed by atoms with Crippen LogP contribution in [0, 0.1) is 0 Å². The first-order chi connectivity index (χ1) is 3.41. The lowest BCUT2D eigenvalue weighted by Crippen LogP contribution is -1.79. The molecule has 0 radical (unpaired) electrons. The molecule has 0 aromatic heterocycles. The van der Waals surface area contributed by atoms with Crippen LogP contribution in [0.3, 0.4) is 0 Å². The van der Waals surface area contributed by atoms with Crippen molar-refractivity contribution in [3.63, 3.8) is 0 Å². The van der Waals surface area contributed by atoms with Crippen molar-refractivity contribution in [3.05, 3.63) is 25.3 Å². The molecule has 0 aromatic carbocycles. The van der Waals surface area contributed by atoms with E-state index in [1.54, 1.807) is 0 Å². The van der Waals surface area contributed by atoms with Crippen LogP contribution in [0.1, 0.15) is 0 Å². The van der Waals surface area contributed by atoms with Crippen molar-refractivity contribution in [2.45, 2.75) is 12.1 Å². The van der Waals surface area contributed by atoms with E-state index in [4.69, 9.17) is 0 Å². The molecule has 0 spiro atoms. The zero-order valence-corrected chi connectivity index (χ0v) is 8.55. The summed E-state index contributed by atoms with van der Waals surface area (Å²) < 4.78 is 0. The molecule has 0 aliphatic carbocycles. The molecule has 0 aliphatic heterocycles. The van der Waals surface area contributed by atoms with Gasteiger partial charge in [-0.05, 0) is 12.1 Å². The number of halogens is 2. The molecule has 0 rings (SSSR count). The van der Waals surface area contributed by atoms with Crippen LogP contribution in [0.2, 0.25) is 12.1 Å². The third-order valence-electron chi connectivity index (χ3n) is 0.816. The highest BCUT2D eigenvalue weighted by Crippen LogP contribution is 1.84. The van der Waals surface area contributed by atoms with Crippen LogP contribution in [0.25, 0.3) is 0 Å². The van der Waals surface area contributed by atoms with Gasteiger partial charge in [0.2, 0.25) is 0 Å². The maximum absolute atomic E-state index is 3.63. The van der Waals surface area contributed by atoms with Gasteiger partial charge in [0.1, 0.15) is 0 Å². The van der Waals surface area contributed by atoms with Gasteiger partial charge >= 0.3 is 0 Å². The standard InChI is InChI=1S/C6H12Si.2ClH/c1-3-5-7-6-4-2;;/h3-4H,1-2,5-7H2;2*1H. The predicted molar refractivity (Wildman–Crippen MR) is 53.0 cm³/mol. The molecule has 3 heteroatoms. The minimum absolute atomic E-state index is 0. The normalized spacial score (nSPS) is 6.22. The lowest BCUT2D eigenvalue weighted by Gasteiger charge is -1.82. The summed E-state index contributed by atoms with van der Waals surface area (Å²) in [6.45, 7) is 7.27. The quantitative estimate of drug-likeness (QED) is 0.358. The second-order valence-corrected chi connectivity index (χ2v) is 3.37. The molecule has 0 heterocycles. The van der Waals surface area contributed by atoms with E-state index in [-0.39, 0.29) is 34.3 Å². The van der Waals surface area contributed by atoms with Crippen molar-refractivity contribution in [3.8, 4) is 0 Å². The molecule has 0 bridgehead atoms. The van der Waals surface area contributed by atoms with Crippen LogP contribution >= 0.6 is 24.8 Å². The zero-order valence-electron chi connectivity index (χ0n) is 5.51. The summed E-state index contributed by atoms with van der Waals surface area (Å²) in [6, 6.07) is 2.51. The molecule has 0 N–H and O–H groups in total. The molecule has 0 aromatic rings. The van der Waals surface area contributed by atoms with E-state index >= 15 is 0 Å². The third-order valence-corrected chi connectivity index (χ3v) is 2.45. The maximum Gasteiger partial charge on any atom is 0.0280 e. The second kappa shape index (κ2) is 15.7. The first-order valence-corrected chi connectivity index (χ1v) is 4.63. The number of allylic oxidation sites excluding steroid dienone is 2. The fraction of sp³-hybridized carbons (Fsp3) is 0.333. The molecule has 0 saturated carbocycles. The molecular formula is C6H14Cl2Si. The van der Waals surface area contributed by atoms with Gasteiger partial charge in [-0.2, -0.15) is 0 Å². The van der Waals surface area contributed by atoms with E-state index in [1.165, 1.54) is 12.1 Å². The Morgan fingerprint density at radius 2 is 1.33 bits per heavy atom. The number of hydrogen-bond donors (Lipinski definition) is 0. The topological polar surface area (TPSA) is 0 Å².